The minimum atomic E-state index is -0.387. The van der Waals surface area contributed by atoms with Crippen molar-refractivity contribution in [2.45, 2.75) is 25.8 Å². The highest BCUT2D eigenvalue weighted by atomic mass is 16.6. The van der Waals surface area contributed by atoms with E-state index in [-0.39, 0.29) is 23.9 Å². The summed E-state index contributed by atoms with van der Waals surface area (Å²) in [7, 11) is 0. The van der Waals surface area contributed by atoms with Crippen LogP contribution in [0, 0.1) is 0 Å². The fraction of sp³-hybridized carbons (Fsp3) is 0.750. The van der Waals surface area contributed by atoms with Crippen molar-refractivity contribution in [3.63, 3.8) is 0 Å². The Hall–Kier alpha value is -1.79. The van der Waals surface area contributed by atoms with Gasteiger partial charge in [0.15, 0.2) is 0 Å². The Balaban J connectivity index is 1.81. The monoisotopic (exact) mass is 269 g/mol. The van der Waals surface area contributed by atoms with Crippen LogP contribution in [-0.4, -0.2) is 66.5 Å². The molecule has 1 N–H and O–H groups in total. The molecule has 7 heteroatoms. The minimum absolute atomic E-state index is 0.0469. The number of hydrogen-bond acceptors (Lipinski definition) is 4. The summed E-state index contributed by atoms with van der Waals surface area (Å²) in [4.78, 5) is 38.0. The molecule has 2 saturated heterocycles. The van der Waals surface area contributed by atoms with Gasteiger partial charge in [-0.25, -0.2) is 4.79 Å². The van der Waals surface area contributed by atoms with Crippen LogP contribution in [-0.2, 0) is 14.3 Å². The number of piperazine rings is 1. The smallest absolute Gasteiger partial charge is 0.409 e. The fourth-order valence-corrected chi connectivity index (χ4v) is 2.34. The van der Waals surface area contributed by atoms with E-state index in [1.54, 1.807) is 16.7 Å². The molecule has 2 aliphatic heterocycles. The number of carbonyl (C=O) groups is 3. The van der Waals surface area contributed by atoms with Gasteiger partial charge in [0.2, 0.25) is 11.8 Å². The van der Waals surface area contributed by atoms with Gasteiger partial charge in [-0.05, 0) is 13.3 Å². The molecule has 0 aromatic heterocycles. The highest BCUT2D eigenvalue weighted by Crippen LogP contribution is 2.12. The Morgan fingerprint density at radius 3 is 2.42 bits per heavy atom. The third-order valence-electron chi connectivity index (χ3n) is 3.41. The van der Waals surface area contributed by atoms with Crippen molar-refractivity contribution in [1.82, 2.24) is 15.1 Å². The predicted molar refractivity (Wildman–Crippen MR) is 66.3 cm³/mol. The van der Waals surface area contributed by atoms with E-state index >= 15 is 0 Å². The first-order valence-electron chi connectivity index (χ1n) is 6.61. The Labute approximate surface area is 111 Å². The van der Waals surface area contributed by atoms with E-state index < -0.39 is 0 Å². The molecule has 2 aliphatic rings. The maximum Gasteiger partial charge on any atom is 0.409 e. The van der Waals surface area contributed by atoms with Crippen LogP contribution in [0.3, 0.4) is 0 Å². The molecule has 2 fully saturated rings. The lowest BCUT2D eigenvalue weighted by Crippen LogP contribution is -2.54. The zero-order valence-electron chi connectivity index (χ0n) is 11.1. The summed E-state index contributed by atoms with van der Waals surface area (Å²) in [6, 6.07) is -0.387. The van der Waals surface area contributed by atoms with Gasteiger partial charge in [0.05, 0.1) is 6.61 Å². The molecular formula is C12H19N3O4. The molecule has 0 aliphatic carbocycles. The highest BCUT2D eigenvalue weighted by molar-refractivity contribution is 5.90. The van der Waals surface area contributed by atoms with Gasteiger partial charge in [-0.2, -0.15) is 0 Å². The van der Waals surface area contributed by atoms with E-state index in [1.807, 2.05) is 0 Å². The summed E-state index contributed by atoms with van der Waals surface area (Å²) < 4.78 is 4.92. The summed E-state index contributed by atoms with van der Waals surface area (Å²) in [5.41, 5.74) is 0. The summed E-state index contributed by atoms with van der Waals surface area (Å²) in [5, 5.41) is 2.67. The van der Waals surface area contributed by atoms with E-state index in [4.69, 9.17) is 4.74 Å². The van der Waals surface area contributed by atoms with Gasteiger partial charge in [0.25, 0.3) is 0 Å². The minimum Gasteiger partial charge on any atom is -0.450 e. The third kappa shape index (κ3) is 3.15. The van der Waals surface area contributed by atoms with E-state index in [0.717, 1.165) is 0 Å². The maximum atomic E-state index is 12.1. The first-order chi connectivity index (χ1) is 9.11. The Morgan fingerprint density at radius 1 is 1.26 bits per heavy atom. The van der Waals surface area contributed by atoms with Crippen LogP contribution in [0.1, 0.15) is 19.8 Å². The molecule has 1 atom stereocenters. The number of rotatable bonds is 2. The molecular weight excluding hydrogens is 250 g/mol. The molecule has 0 radical (unpaired) electrons. The van der Waals surface area contributed by atoms with Crippen molar-refractivity contribution >= 4 is 17.9 Å². The molecule has 2 rings (SSSR count). The van der Waals surface area contributed by atoms with Gasteiger partial charge >= 0.3 is 6.09 Å². The second-order valence-electron chi connectivity index (χ2n) is 4.67. The molecule has 3 amide bonds. The molecule has 19 heavy (non-hydrogen) atoms. The fourth-order valence-electron chi connectivity index (χ4n) is 2.34. The zero-order valence-corrected chi connectivity index (χ0v) is 11.1. The van der Waals surface area contributed by atoms with Crippen molar-refractivity contribution in [3.05, 3.63) is 0 Å². The van der Waals surface area contributed by atoms with Crippen LogP contribution in [0.15, 0.2) is 0 Å². The molecule has 0 unspecified atom stereocenters. The predicted octanol–water partition coefficient (Wildman–Crippen LogP) is -0.434. The first-order valence-corrected chi connectivity index (χ1v) is 6.61. The molecule has 0 spiro atoms. The highest BCUT2D eigenvalue weighted by Gasteiger charge is 2.33. The molecule has 106 valence electrons. The molecule has 0 saturated carbocycles. The van der Waals surface area contributed by atoms with Crippen LogP contribution < -0.4 is 5.32 Å². The van der Waals surface area contributed by atoms with Crippen molar-refractivity contribution < 1.29 is 19.1 Å². The number of nitrogens with one attached hydrogen (secondary N) is 1. The van der Waals surface area contributed by atoms with E-state index in [9.17, 15) is 14.4 Å². The van der Waals surface area contributed by atoms with Gasteiger partial charge < -0.3 is 19.9 Å². The van der Waals surface area contributed by atoms with E-state index in [1.165, 1.54) is 0 Å². The lowest BCUT2D eigenvalue weighted by molar-refractivity contribution is -0.135. The van der Waals surface area contributed by atoms with Crippen LogP contribution in [0.2, 0.25) is 0 Å². The lowest BCUT2D eigenvalue weighted by atomic mass is 10.2. The number of ether oxygens (including phenoxy) is 1. The SMILES string of the molecule is CCOC(=O)N1CCN(C(=O)[C@H]2CCC(=O)N2)CC1. The molecule has 2 heterocycles. The Morgan fingerprint density at radius 2 is 1.89 bits per heavy atom. The lowest BCUT2D eigenvalue weighted by Gasteiger charge is -2.35. The summed E-state index contributed by atoms with van der Waals surface area (Å²) in [5.74, 6) is -0.113. The topological polar surface area (TPSA) is 79.0 Å². The number of carbonyl (C=O) groups excluding carboxylic acids is 3. The second kappa shape index (κ2) is 5.90. The summed E-state index contributed by atoms with van der Waals surface area (Å²) in [6.45, 7) is 4.05. The molecule has 0 aromatic rings. The van der Waals surface area contributed by atoms with E-state index in [0.29, 0.717) is 45.6 Å². The number of nitrogens with zero attached hydrogens (tertiary/aromatic N) is 2. The zero-order chi connectivity index (χ0) is 13.8. The van der Waals surface area contributed by atoms with Crippen molar-refractivity contribution in [2.75, 3.05) is 32.8 Å². The normalized spacial score (nSPS) is 23.2. The standard InChI is InChI=1S/C12H19N3O4/c1-2-19-12(18)15-7-5-14(6-8-15)11(17)9-3-4-10(16)13-9/h9H,2-8H2,1H3,(H,13,16)/t9-/m1/s1. The quantitative estimate of drug-likeness (QED) is 0.737. The third-order valence-corrected chi connectivity index (χ3v) is 3.41. The van der Waals surface area contributed by atoms with Crippen molar-refractivity contribution in [1.29, 1.82) is 0 Å². The average Bonchev–Trinajstić information content (AvgIpc) is 2.85. The van der Waals surface area contributed by atoms with Gasteiger partial charge in [-0.3, -0.25) is 9.59 Å². The van der Waals surface area contributed by atoms with Crippen molar-refractivity contribution in [2.24, 2.45) is 0 Å². The summed E-state index contributed by atoms with van der Waals surface area (Å²) in [6.07, 6.45) is 0.651. The maximum absolute atomic E-state index is 12.1. The number of hydrogen-bond donors (Lipinski definition) is 1. The van der Waals surface area contributed by atoms with Gasteiger partial charge in [0.1, 0.15) is 6.04 Å². The molecule has 7 nitrogen and oxygen atoms in total. The van der Waals surface area contributed by atoms with Crippen LogP contribution in [0.4, 0.5) is 4.79 Å². The van der Waals surface area contributed by atoms with Gasteiger partial charge in [-0.1, -0.05) is 0 Å². The second-order valence-corrected chi connectivity index (χ2v) is 4.67. The first kappa shape index (κ1) is 13.6. The Kier molecular flexibility index (Phi) is 4.24. The Bertz CT molecular complexity index is 377. The molecule has 0 aromatic carbocycles. The van der Waals surface area contributed by atoms with Crippen LogP contribution in [0.5, 0.6) is 0 Å². The van der Waals surface area contributed by atoms with E-state index in [2.05, 4.69) is 5.32 Å². The molecule has 0 bridgehead atoms. The van der Waals surface area contributed by atoms with Crippen LogP contribution >= 0.6 is 0 Å². The number of amides is 3. The van der Waals surface area contributed by atoms with Crippen molar-refractivity contribution in [3.8, 4) is 0 Å². The largest absolute Gasteiger partial charge is 0.450 e. The average molecular weight is 269 g/mol. The van der Waals surface area contributed by atoms with Gasteiger partial charge in [-0.15, -0.1) is 0 Å². The summed E-state index contributed by atoms with van der Waals surface area (Å²) >= 11 is 0. The van der Waals surface area contributed by atoms with Crippen LogP contribution in [0.25, 0.3) is 0 Å². The van der Waals surface area contributed by atoms with Gasteiger partial charge in [0, 0.05) is 32.6 Å².